The summed E-state index contributed by atoms with van der Waals surface area (Å²) < 4.78 is 6.69. The van der Waals surface area contributed by atoms with Gasteiger partial charge in [0.15, 0.2) is 0 Å². The number of aliphatic hydroxyl groups excluding tert-OH is 1. The number of carbonyl (C=O) groups excluding carboxylic acids is 2. The molecule has 2 heterocycles. The molecule has 0 saturated carbocycles. The summed E-state index contributed by atoms with van der Waals surface area (Å²) in [6.45, 7) is 5.89. The second-order valence-corrected chi connectivity index (χ2v) is 7.50. The van der Waals surface area contributed by atoms with Crippen molar-refractivity contribution in [2.24, 2.45) is 0 Å². The van der Waals surface area contributed by atoms with Gasteiger partial charge in [-0.1, -0.05) is 17.7 Å². The van der Waals surface area contributed by atoms with E-state index in [0.29, 0.717) is 28.5 Å². The molecule has 10 heteroatoms. The van der Waals surface area contributed by atoms with E-state index in [0.717, 1.165) is 5.56 Å². The number of aliphatic hydroxyl groups is 1. The Kier molecular flexibility index (Phi) is 7.09. The van der Waals surface area contributed by atoms with E-state index in [9.17, 15) is 14.7 Å². The first-order valence-electron chi connectivity index (χ1n) is 9.83. The first-order chi connectivity index (χ1) is 14.8. The number of amides is 1. The summed E-state index contributed by atoms with van der Waals surface area (Å²) in [6.07, 6.45) is 1.07. The highest BCUT2D eigenvalue weighted by molar-refractivity contribution is 6.33. The number of benzene rings is 1. The standard InChI is InChI=1S/C21H24ClN5O4/c1-4-31-21(30)15-6-5-14(9-16(15)22)17-7-8-27(26-17)11-12(2)23-20(29)19-10-18(13(3)28)24-25-19/h5-10,12-13,28H,4,11H2,1-3H3,(H,23,29)(H,24,25)/t12-,13?/m0/s1. The molecule has 3 aromatic rings. The fourth-order valence-electron chi connectivity index (χ4n) is 2.96. The summed E-state index contributed by atoms with van der Waals surface area (Å²) in [6, 6.07) is 8.16. The second-order valence-electron chi connectivity index (χ2n) is 7.10. The monoisotopic (exact) mass is 445 g/mol. The highest BCUT2D eigenvalue weighted by atomic mass is 35.5. The third kappa shape index (κ3) is 5.50. The fourth-order valence-corrected chi connectivity index (χ4v) is 3.21. The molecule has 0 aliphatic heterocycles. The Labute approximate surface area is 184 Å². The number of nitrogens with zero attached hydrogens (tertiary/aromatic N) is 3. The normalized spacial score (nSPS) is 12.9. The van der Waals surface area contributed by atoms with E-state index < -0.39 is 12.1 Å². The van der Waals surface area contributed by atoms with Gasteiger partial charge in [-0.15, -0.1) is 0 Å². The maximum Gasteiger partial charge on any atom is 0.339 e. The molecule has 9 nitrogen and oxygen atoms in total. The average Bonchev–Trinajstić information content (AvgIpc) is 3.38. The number of aromatic nitrogens is 4. The van der Waals surface area contributed by atoms with Gasteiger partial charge in [0.25, 0.3) is 5.91 Å². The topological polar surface area (TPSA) is 122 Å². The first kappa shape index (κ1) is 22.5. The number of halogens is 1. The maximum absolute atomic E-state index is 12.3. The van der Waals surface area contributed by atoms with E-state index in [-0.39, 0.29) is 24.2 Å². The summed E-state index contributed by atoms with van der Waals surface area (Å²) in [5.74, 6) is -0.809. The smallest absolute Gasteiger partial charge is 0.339 e. The van der Waals surface area contributed by atoms with Crippen LogP contribution < -0.4 is 5.32 Å². The van der Waals surface area contributed by atoms with Crippen molar-refractivity contribution in [3.63, 3.8) is 0 Å². The Bertz CT molecular complexity index is 1080. The summed E-state index contributed by atoms with van der Waals surface area (Å²) in [4.78, 5) is 24.2. The van der Waals surface area contributed by atoms with Crippen molar-refractivity contribution in [1.29, 1.82) is 0 Å². The van der Waals surface area contributed by atoms with Crippen molar-refractivity contribution >= 4 is 23.5 Å². The van der Waals surface area contributed by atoms with Crippen molar-refractivity contribution < 1.29 is 19.4 Å². The molecule has 1 aromatic carbocycles. The lowest BCUT2D eigenvalue weighted by Crippen LogP contribution is -2.36. The summed E-state index contributed by atoms with van der Waals surface area (Å²) in [7, 11) is 0. The number of esters is 1. The van der Waals surface area contributed by atoms with Crippen LogP contribution in [0.25, 0.3) is 11.3 Å². The summed E-state index contributed by atoms with van der Waals surface area (Å²) >= 11 is 6.23. The van der Waals surface area contributed by atoms with Crippen molar-refractivity contribution in [2.45, 2.75) is 39.5 Å². The number of hydrogen-bond donors (Lipinski definition) is 3. The molecular formula is C21H24ClN5O4. The van der Waals surface area contributed by atoms with Crippen molar-refractivity contribution in [3.8, 4) is 11.3 Å². The van der Waals surface area contributed by atoms with Gasteiger partial charge in [-0.25, -0.2) is 4.79 Å². The zero-order valence-electron chi connectivity index (χ0n) is 17.4. The van der Waals surface area contributed by atoms with E-state index in [4.69, 9.17) is 16.3 Å². The van der Waals surface area contributed by atoms with Crippen molar-refractivity contribution in [1.82, 2.24) is 25.3 Å². The molecule has 3 N–H and O–H groups in total. The van der Waals surface area contributed by atoms with Gasteiger partial charge in [-0.2, -0.15) is 10.2 Å². The highest BCUT2D eigenvalue weighted by Gasteiger charge is 2.16. The Balaban J connectivity index is 1.63. The Morgan fingerprint density at radius 1 is 1.29 bits per heavy atom. The van der Waals surface area contributed by atoms with Gasteiger partial charge in [0, 0.05) is 17.8 Å². The van der Waals surface area contributed by atoms with Gasteiger partial charge in [-0.05, 0) is 45.0 Å². The van der Waals surface area contributed by atoms with Gasteiger partial charge < -0.3 is 15.2 Å². The minimum absolute atomic E-state index is 0.209. The van der Waals surface area contributed by atoms with Crippen LogP contribution in [-0.2, 0) is 11.3 Å². The molecular weight excluding hydrogens is 422 g/mol. The lowest BCUT2D eigenvalue weighted by molar-refractivity contribution is 0.0526. The third-order valence-corrected chi connectivity index (χ3v) is 4.83. The van der Waals surface area contributed by atoms with Crippen molar-refractivity contribution in [3.05, 3.63) is 58.5 Å². The van der Waals surface area contributed by atoms with Gasteiger partial charge in [0.2, 0.25) is 0 Å². The van der Waals surface area contributed by atoms with E-state index in [1.54, 1.807) is 42.9 Å². The average molecular weight is 446 g/mol. The Morgan fingerprint density at radius 2 is 2.06 bits per heavy atom. The molecule has 0 fully saturated rings. The SMILES string of the molecule is CCOC(=O)c1ccc(-c2ccn(C[C@H](C)NC(=O)c3cc(C(C)O)[nH]n3)n2)cc1Cl. The zero-order chi connectivity index (χ0) is 22.5. The molecule has 0 aliphatic rings. The number of H-pyrrole nitrogens is 1. The number of aromatic amines is 1. The van der Waals surface area contributed by atoms with Crippen LogP contribution in [0.1, 0.15) is 53.4 Å². The van der Waals surface area contributed by atoms with Gasteiger partial charge in [-0.3, -0.25) is 14.6 Å². The van der Waals surface area contributed by atoms with Crippen LogP contribution in [0.3, 0.4) is 0 Å². The Morgan fingerprint density at radius 3 is 2.71 bits per heavy atom. The number of hydrogen-bond acceptors (Lipinski definition) is 6. The van der Waals surface area contributed by atoms with Crippen LogP contribution in [0, 0.1) is 0 Å². The molecule has 0 aliphatic carbocycles. The summed E-state index contributed by atoms with van der Waals surface area (Å²) in [5, 5.41) is 23.7. The number of ether oxygens (including phenoxy) is 1. The highest BCUT2D eigenvalue weighted by Crippen LogP contribution is 2.25. The van der Waals surface area contributed by atoms with E-state index >= 15 is 0 Å². The van der Waals surface area contributed by atoms with Gasteiger partial charge in [0.05, 0.1) is 41.2 Å². The second kappa shape index (κ2) is 9.76. The van der Waals surface area contributed by atoms with Crippen LogP contribution in [0.15, 0.2) is 36.5 Å². The fraction of sp³-hybridized carbons (Fsp3) is 0.333. The van der Waals surface area contributed by atoms with E-state index in [2.05, 4.69) is 20.6 Å². The molecule has 3 rings (SSSR count). The minimum atomic E-state index is -0.728. The number of nitrogens with one attached hydrogen (secondary N) is 2. The third-order valence-electron chi connectivity index (χ3n) is 4.52. The molecule has 0 saturated heterocycles. The van der Waals surface area contributed by atoms with Crippen LogP contribution in [-0.4, -0.2) is 49.6 Å². The summed E-state index contributed by atoms with van der Waals surface area (Å²) in [5.41, 5.74) is 2.43. The molecule has 0 spiro atoms. The van der Waals surface area contributed by atoms with Crippen LogP contribution in [0.4, 0.5) is 0 Å². The van der Waals surface area contributed by atoms with Crippen LogP contribution in [0.2, 0.25) is 5.02 Å². The molecule has 31 heavy (non-hydrogen) atoms. The number of carbonyl (C=O) groups is 2. The van der Waals surface area contributed by atoms with Gasteiger partial charge >= 0.3 is 5.97 Å². The van der Waals surface area contributed by atoms with Crippen LogP contribution >= 0.6 is 11.6 Å². The first-order valence-corrected chi connectivity index (χ1v) is 10.2. The van der Waals surface area contributed by atoms with Crippen LogP contribution in [0.5, 0.6) is 0 Å². The Hall–Kier alpha value is -3.17. The number of rotatable bonds is 8. The minimum Gasteiger partial charge on any atom is -0.462 e. The molecule has 2 atom stereocenters. The zero-order valence-corrected chi connectivity index (χ0v) is 18.2. The predicted octanol–water partition coefficient (Wildman–Crippen LogP) is 2.98. The molecule has 164 valence electrons. The molecule has 0 bridgehead atoms. The van der Waals surface area contributed by atoms with E-state index in [1.165, 1.54) is 6.07 Å². The molecule has 1 amide bonds. The lowest BCUT2D eigenvalue weighted by Gasteiger charge is -2.13. The maximum atomic E-state index is 12.3. The quantitative estimate of drug-likeness (QED) is 0.458. The predicted molar refractivity (Wildman–Crippen MR) is 115 cm³/mol. The van der Waals surface area contributed by atoms with Gasteiger partial charge in [0.1, 0.15) is 5.69 Å². The van der Waals surface area contributed by atoms with E-state index in [1.807, 2.05) is 13.0 Å². The van der Waals surface area contributed by atoms with Crippen molar-refractivity contribution in [2.75, 3.05) is 6.61 Å². The molecule has 2 aromatic heterocycles. The molecule has 1 unspecified atom stereocenters. The largest absolute Gasteiger partial charge is 0.462 e. The molecule has 0 radical (unpaired) electrons. The lowest BCUT2D eigenvalue weighted by atomic mass is 10.1.